The monoisotopic (exact) mass is 271 g/mol. The van der Waals surface area contributed by atoms with Crippen LogP contribution >= 0.6 is 0 Å². The minimum atomic E-state index is -0.603. The Hall–Kier alpha value is -1.20. The lowest BCUT2D eigenvalue weighted by molar-refractivity contribution is 0.139. The van der Waals surface area contributed by atoms with Crippen LogP contribution in [-0.4, -0.2) is 31.9 Å². The summed E-state index contributed by atoms with van der Waals surface area (Å²) in [6, 6.07) is 2.39. The first-order valence-corrected chi connectivity index (χ1v) is 6.48. The topological polar surface area (TPSA) is 32.7 Å². The summed E-state index contributed by atoms with van der Waals surface area (Å²) in [6.45, 7) is 1.59. The van der Waals surface area contributed by atoms with E-state index < -0.39 is 11.6 Å². The smallest absolute Gasteiger partial charge is 0.149 e. The number of hydrogen-bond donors (Lipinski definition) is 1. The lowest BCUT2D eigenvalue weighted by Gasteiger charge is -2.33. The highest BCUT2D eigenvalue weighted by molar-refractivity contribution is 5.51. The van der Waals surface area contributed by atoms with Crippen LogP contribution in [-0.2, 0) is 11.3 Å². The Kier molecular flexibility index (Phi) is 4.71. The van der Waals surface area contributed by atoms with Gasteiger partial charge in [-0.1, -0.05) is 0 Å². The Labute approximate surface area is 111 Å². The van der Waals surface area contributed by atoms with Crippen LogP contribution in [0.5, 0.6) is 0 Å². The van der Waals surface area contributed by atoms with Crippen LogP contribution in [0.25, 0.3) is 0 Å². The second-order valence-corrected chi connectivity index (χ2v) is 4.95. The molecule has 1 aromatic rings. The summed E-state index contributed by atoms with van der Waals surface area (Å²) in [4.78, 5) is 1.73. The highest BCUT2D eigenvalue weighted by atomic mass is 19.1. The Morgan fingerprint density at radius 3 is 2.32 bits per heavy atom. The molecule has 0 bridgehead atoms. The number of aliphatic hydroxyl groups is 1. The maximum absolute atomic E-state index is 13.9. The molecule has 0 saturated carbocycles. The Balaban J connectivity index is 2.11. The molecule has 106 valence electrons. The van der Waals surface area contributed by atoms with E-state index in [1.54, 1.807) is 12.0 Å². The van der Waals surface area contributed by atoms with Crippen LogP contribution in [0, 0.1) is 17.6 Å². The molecular weight excluding hydrogens is 252 g/mol. The summed E-state index contributed by atoms with van der Waals surface area (Å²) in [5.74, 6) is -0.743. The molecule has 0 spiro atoms. The summed E-state index contributed by atoms with van der Waals surface area (Å²) in [7, 11) is 1.67. The third-order valence-corrected chi connectivity index (χ3v) is 3.59. The second kappa shape index (κ2) is 6.30. The molecule has 0 atom stereocenters. The molecule has 1 heterocycles. The van der Waals surface area contributed by atoms with Crippen LogP contribution < -0.4 is 4.90 Å². The van der Waals surface area contributed by atoms with Crippen LogP contribution in [0.2, 0.25) is 0 Å². The zero-order valence-electron chi connectivity index (χ0n) is 11.0. The van der Waals surface area contributed by atoms with Gasteiger partial charge in [-0.2, -0.15) is 0 Å². The number of hydrogen-bond acceptors (Lipinski definition) is 3. The average Bonchev–Trinajstić information content (AvgIpc) is 2.40. The zero-order chi connectivity index (χ0) is 13.8. The molecule has 1 fully saturated rings. The number of benzene rings is 1. The third kappa shape index (κ3) is 3.22. The molecule has 3 nitrogen and oxygen atoms in total. The summed E-state index contributed by atoms with van der Waals surface area (Å²) in [6.07, 6.45) is 1.74. The molecule has 1 saturated heterocycles. The lowest BCUT2D eigenvalue weighted by atomic mass is 9.97. The molecule has 0 aliphatic carbocycles. The van der Waals surface area contributed by atoms with Crippen molar-refractivity contribution in [3.05, 3.63) is 29.3 Å². The first-order valence-electron chi connectivity index (χ1n) is 6.48. The van der Waals surface area contributed by atoms with E-state index in [9.17, 15) is 8.78 Å². The van der Waals surface area contributed by atoms with E-state index in [0.717, 1.165) is 12.8 Å². The van der Waals surface area contributed by atoms with Gasteiger partial charge in [0.1, 0.15) is 17.3 Å². The molecule has 0 aromatic heterocycles. The standard InChI is InChI=1S/C14H19F2NO2/c1-19-9-10-2-4-17(5-3-10)14-12(15)6-11(8-18)7-13(14)16/h6-7,10,18H,2-5,8-9H2,1H3. The van der Waals surface area contributed by atoms with Gasteiger partial charge in [0, 0.05) is 26.8 Å². The van der Waals surface area contributed by atoms with Crippen molar-refractivity contribution in [2.45, 2.75) is 19.4 Å². The largest absolute Gasteiger partial charge is 0.392 e. The van der Waals surface area contributed by atoms with Gasteiger partial charge in [-0.15, -0.1) is 0 Å². The molecule has 2 rings (SSSR count). The number of halogens is 2. The maximum Gasteiger partial charge on any atom is 0.149 e. The molecular formula is C14H19F2NO2. The van der Waals surface area contributed by atoms with Gasteiger partial charge in [0.25, 0.3) is 0 Å². The Bertz CT molecular complexity index is 408. The highest BCUT2D eigenvalue weighted by Gasteiger charge is 2.24. The van der Waals surface area contributed by atoms with E-state index in [4.69, 9.17) is 9.84 Å². The molecule has 19 heavy (non-hydrogen) atoms. The molecule has 0 unspecified atom stereocenters. The van der Waals surface area contributed by atoms with Gasteiger partial charge in [0.15, 0.2) is 0 Å². The molecule has 1 aliphatic rings. The molecule has 0 amide bonds. The van der Waals surface area contributed by atoms with Crippen molar-refractivity contribution >= 4 is 5.69 Å². The van der Waals surface area contributed by atoms with Crippen molar-refractivity contribution in [1.82, 2.24) is 0 Å². The molecule has 5 heteroatoms. The van der Waals surface area contributed by atoms with E-state index >= 15 is 0 Å². The van der Waals surface area contributed by atoms with Crippen LogP contribution in [0.1, 0.15) is 18.4 Å². The van der Waals surface area contributed by atoms with Gasteiger partial charge < -0.3 is 14.7 Å². The van der Waals surface area contributed by atoms with Gasteiger partial charge in [-0.3, -0.25) is 0 Å². The number of anilines is 1. The molecule has 1 aromatic carbocycles. The number of aliphatic hydroxyl groups excluding tert-OH is 1. The molecule has 1 aliphatic heterocycles. The summed E-state index contributed by atoms with van der Waals surface area (Å²) in [5.41, 5.74) is 0.279. The summed E-state index contributed by atoms with van der Waals surface area (Å²) in [5, 5.41) is 8.92. The highest BCUT2D eigenvalue weighted by Crippen LogP contribution is 2.29. The van der Waals surface area contributed by atoms with Crippen LogP contribution in [0.3, 0.4) is 0 Å². The van der Waals surface area contributed by atoms with Crippen molar-refractivity contribution in [3.8, 4) is 0 Å². The minimum absolute atomic E-state index is 0.0214. The average molecular weight is 271 g/mol. The van der Waals surface area contributed by atoms with Crippen LogP contribution in [0.15, 0.2) is 12.1 Å². The van der Waals surface area contributed by atoms with E-state index in [-0.39, 0.29) is 17.9 Å². The molecule has 0 radical (unpaired) electrons. The predicted octanol–water partition coefficient (Wildman–Crippen LogP) is 2.32. The number of ether oxygens (including phenoxy) is 1. The minimum Gasteiger partial charge on any atom is -0.392 e. The normalized spacial score (nSPS) is 16.9. The van der Waals surface area contributed by atoms with Crippen molar-refractivity contribution in [1.29, 1.82) is 0 Å². The van der Waals surface area contributed by atoms with Gasteiger partial charge in [0.05, 0.1) is 6.61 Å². The molecule has 1 N–H and O–H groups in total. The number of nitrogens with zero attached hydrogens (tertiary/aromatic N) is 1. The fourth-order valence-electron chi connectivity index (χ4n) is 2.57. The fourth-order valence-corrected chi connectivity index (χ4v) is 2.57. The summed E-state index contributed by atoms with van der Waals surface area (Å²) < 4.78 is 32.9. The number of piperidine rings is 1. The first-order chi connectivity index (χ1) is 9.15. The van der Waals surface area contributed by atoms with Gasteiger partial charge in [0.2, 0.25) is 0 Å². The predicted molar refractivity (Wildman–Crippen MR) is 69.1 cm³/mol. The zero-order valence-corrected chi connectivity index (χ0v) is 11.0. The van der Waals surface area contributed by atoms with Crippen molar-refractivity contribution in [2.75, 3.05) is 31.7 Å². The van der Waals surface area contributed by atoms with Gasteiger partial charge >= 0.3 is 0 Å². The second-order valence-electron chi connectivity index (χ2n) is 4.95. The van der Waals surface area contributed by atoms with Crippen molar-refractivity contribution in [2.24, 2.45) is 5.92 Å². The van der Waals surface area contributed by atoms with Crippen molar-refractivity contribution < 1.29 is 18.6 Å². The van der Waals surface area contributed by atoms with E-state index in [1.165, 1.54) is 12.1 Å². The SMILES string of the molecule is COCC1CCN(c2c(F)cc(CO)cc2F)CC1. The number of methoxy groups -OCH3 is 1. The van der Waals surface area contributed by atoms with E-state index in [2.05, 4.69) is 0 Å². The van der Waals surface area contributed by atoms with Crippen LogP contribution in [0.4, 0.5) is 14.5 Å². The maximum atomic E-state index is 13.9. The fraction of sp³-hybridized carbons (Fsp3) is 0.571. The van der Waals surface area contributed by atoms with Crippen molar-refractivity contribution in [3.63, 3.8) is 0 Å². The Morgan fingerprint density at radius 2 is 1.84 bits per heavy atom. The third-order valence-electron chi connectivity index (χ3n) is 3.59. The van der Waals surface area contributed by atoms with E-state index in [0.29, 0.717) is 25.6 Å². The van der Waals surface area contributed by atoms with E-state index in [1.807, 2.05) is 0 Å². The van der Waals surface area contributed by atoms with Gasteiger partial charge in [-0.05, 0) is 36.5 Å². The summed E-state index contributed by atoms with van der Waals surface area (Å²) >= 11 is 0. The first kappa shape index (κ1) is 14.2. The quantitative estimate of drug-likeness (QED) is 0.912. The Morgan fingerprint density at radius 1 is 1.26 bits per heavy atom. The lowest BCUT2D eigenvalue weighted by Crippen LogP contribution is -2.36. The number of rotatable bonds is 4. The van der Waals surface area contributed by atoms with Gasteiger partial charge in [-0.25, -0.2) is 8.78 Å².